The van der Waals surface area contributed by atoms with Crippen molar-refractivity contribution in [3.63, 3.8) is 0 Å². The molecule has 0 saturated carbocycles. The largest absolute Gasteiger partial charge is 0.359 e. The fourth-order valence-electron chi connectivity index (χ4n) is 3.43. The van der Waals surface area contributed by atoms with Gasteiger partial charge in [-0.2, -0.15) is 0 Å². The van der Waals surface area contributed by atoms with E-state index >= 15 is 0 Å². The van der Waals surface area contributed by atoms with Crippen LogP contribution in [0, 0.1) is 5.92 Å². The molecule has 4 heteroatoms. The first kappa shape index (κ1) is 12.1. The molecule has 4 nitrogen and oxygen atoms in total. The maximum Gasteiger partial charge on any atom is 0.147 e. The zero-order valence-corrected chi connectivity index (χ0v) is 11.0. The van der Waals surface area contributed by atoms with Crippen molar-refractivity contribution in [1.82, 2.24) is 9.88 Å². The van der Waals surface area contributed by atoms with Gasteiger partial charge < -0.3 is 9.47 Å². The Kier molecular flexibility index (Phi) is 3.33. The minimum absolute atomic E-state index is 0.163. The van der Waals surface area contributed by atoms with Gasteiger partial charge in [-0.1, -0.05) is 0 Å². The lowest BCUT2D eigenvalue weighted by Gasteiger charge is -2.36. The molecule has 1 aliphatic carbocycles. The quantitative estimate of drug-likeness (QED) is 0.768. The van der Waals surface area contributed by atoms with Gasteiger partial charge in [-0.3, -0.25) is 9.88 Å². The SMILES string of the molecule is COCOC1C[C@@H]2CCN(C)[C@@H]2c2cnccc21. The minimum atomic E-state index is 0.163. The van der Waals surface area contributed by atoms with Crippen LogP contribution >= 0.6 is 0 Å². The maximum absolute atomic E-state index is 5.83. The van der Waals surface area contributed by atoms with Gasteiger partial charge in [0.2, 0.25) is 0 Å². The molecule has 1 saturated heterocycles. The topological polar surface area (TPSA) is 34.6 Å². The van der Waals surface area contributed by atoms with E-state index in [1.54, 1.807) is 7.11 Å². The van der Waals surface area contributed by atoms with Crippen molar-refractivity contribution in [2.24, 2.45) is 5.92 Å². The number of methoxy groups -OCH3 is 1. The van der Waals surface area contributed by atoms with Crippen molar-refractivity contribution in [3.8, 4) is 0 Å². The zero-order valence-electron chi connectivity index (χ0n) is 11.0. The third-order valence-electron chi connectivity index (χ3n) is 4.23. The van der Waals surface area contributed by atoms with E-state index in [1.807, 2.05) is 12.4 Å². The normalized spacial score (nSPS) is 31.1. The summed E-state index contributed by atoms with van der Waals surface area (Å²) in [5.74, 6) is 0.688. The molecule has 1 unspecified atom stereocenters. The van der Waals surface area contributed by atoms with E-state index in [1.165, 1.54) is 24.1 Å². The predicted octanol–water partition coefficient (Wildman–Crippen LogP) is 2.14. The molecule has 1 fully saturated rings. The molecule has 0 amide bonds. The van der Waals surface area contributed by atoms with E-state index in [0.717, 1.165) is 6.42 Å². The fourth-order valence-corrected chi connectivity index (χ4v) is 3.43. The molecule has 0 N–H and O–H groups in total. The highest BCUT2D eigenvalue weighted by Crippen LogP contribution is 2.48. The number of rotatable bonds is 3. The first-order valence-corrected chi connectivity index (χ1v) is 6.56. The summed E-state index contributed by atoms with van der Waals surface area (Å²) in [6, 6.07) is 2.62. The Morgan fingerprint density at radius 3 is 3.17 bits per heavy atom. The number of fused-ring (bicyclic) bond motifs is 3. The average Bonchev–Trinajstić information content (AvgIpc) is 2.78. The number of aromatic nitrogens is 1. The van der Waals surface area contributed by atoms with Gasteiger partial charge in [0.15, 0.2) is 0 Å². The van der Waals surface area contributed by atoms with Crippen LogP contribution in [0.3, 0.4) is 0 Å². The lowest BCUT2D eigenvalue weighted by molar-refractivity contribution is -0.0855. The smallest absolute Gasteiger partial charge is 0.147 e. The van der Waals surface area contributed by atoms with Crippen LogP contribution in [-0.2, 0) is 9.47 Å². The van der Waals surface area contributed by atoms with Crippen molar-refractivity contribution in [2.75, 3.05) is 27.5 Å². The van der Waals surface area contributed by atoms with E-state index in [0.29, 0.717) is 18.8 Å². The number of hydrogen-bond donors (Lipinski definition) is 0. The van der Waals surface area contributed by atoms with Gasteiger partial charge in [-0.05, 0) is 49.5 Å². The van der Waals surface area contributed by atoms with E-state index in [-0.39, 0.29) is 6.10 Å². The van der Waals surface area contributed by atoms with Crippen molar-refractivity contribution < 1.29 is 9.47 Å². The Morgan fingerprint density at radius 1 is 1.44 bits per heavy atom. The van der Waals surface area contributed by atoms with Gasteiger partial charge in [-0.25, -0.2) is 0 Å². The molecule has 0 spiro atoms. The first-order chi connectivity index (χ1) is 8.81. The molecule has 3 atom stereocenters. The Hall–Kier alpha value is -0.970. The van der Waals surface area contributed by atoms with Crippen LogP contribution < -0.4 is 0 Å². The standard InChI is InChI=1S/C14H20N2O2/c1-16-6-4-10-7-13(18-9-17-2)11-3-5-15-8-12(11)14(10)16/h3,5,8,10,13-14H,4,6-7,9H2,1-2H3/t10-,13?,14-/m0/s1. The van der Waals surface area contributed by atoms with Crippen LogP contribution in [0.4, 0.5) is 0 Å². The molecule has 3 rings (SSSR count). The molecule has 0 aromatic carbocycles. The third-order valence-corrected chi connectivity index (χ3v) is 4.23. The van der Waals surface area contributed by atoms with Crippen molar-refractivity contribution >= 4 is 0 Å². The number of nitrogens with zero attached hydrogens (tertiary/aromatic N) is 2. The summed E-state index contributed by atoms with van der Waals surface area (Å²) in [5, 5.41) is 0. The van der Waals surface area contributed by atoms with Crippen LogP contribution in [-0.4, -0.2) is 37.4 Å². The Morgan fingerprint density at radius 2 is 2.33 bits per heavy atom. The number of likely N-dealkylation sites (tertiary alicyclic amines) is 1. The number of pyridine rings is 1. The van der Waals surface area contributed by atoms with Crippen molar-refractivity contribution in [2.45, 2.75) is 25.0 Å². The van der Waals surface area contributed by atoms with Crippen LogP contribution in [0.1, 0.15) is 36.1 Å². The lowest BCUT2D eigenvalue weighted by atomic mass is 9.79. The van der Waals surface area contributed by atoms with Gasteiger partial charge >= 0.3 is 0 Å². The summed E-state index contributed by atoms with van der Waals surface area (Å²) in [6.07, 6.45) is 6.38. The van der Waals surface area contributed by atoms with E-state index in [9.17, 15) is 0 Å². The second-order valence-corrected chi connectivity index (χ2v) is 5.28. The minimum Gasteiger partial charge on any atom is -0.359 e. The molecule has 0 radical (unpaired) electrons. The van der Waals surface area contributed by atoms with E-state index in [4.69, 9.17) is 9.47 Å². The Labute approximate surface area is 108 Å². The Bertz CT molecular complexity index is 424. The van der Waals surface area contributed by atoms with E-state index in [2.05, 4.69) is 23.0 Å². The van der Waals surface area contributed by atoms with Gasteiger partial charge in [0.25, 0.3) is 0 Å². The van der Waals surface area contributed by atoms with Crippen molar-refractivity contribution in [1.29, 1.82) is 0 Å². The molecule has 2 heterocycles. The van der Waals surface area contributed by atoms with Gasteiger partial charge in [-0.15, -0.1) is 0 Å². The average molecular weight is 248 g/mol. The van der Waals surface area contributed by atoms with E-state index < -0.39 is 0 Å². The van der Waals surface area contributed by atoms with Crippen LogP contribution in [0.5, 0.6) is 0 Å². The summed E-state index contributed by atoms with van der Waals surface area (Å²) in [5.41, 5.74) is 2.63. The highest BCUT2D eigenvalue weighted by Gasteiger charge is 2.41. The molecular formula is C14H20N2O2. The summed E-state index contributed by atoms with van der Waals surface area (Å²) in [6.45, 7) is 1.53. The predicted molar refractivity (Wildman–Crippen MR) is 68.0 cm³/mol. The Balaban J connectivity index is 1.93. The molecule has 2 aliphatic rings. The molecular weight excluding hydrogens is 228 g/mol. The number of hydrogen-bond acceptors (Lipinski definition) is 4. The van der Waals surface area contributed by atoms with Crippen LogP contribution in [0.15, 0.2) is 18.5 Å². The molecule has 1 aliphatic heterocycles. The maximum atomic E-state index is 5.83. The lowest BCUT2D eigenvalue weighted by Crippen LogP contribution is -2.29. The second-order valence-electron chi connectivity index (χ2n) is 5.28. The summed E-state index contributed by atoms with van der Waals surface area (Å²) < 4.78 is 10.9. The first-order valence-electron chi connectivity index (χ1n) is 6.56. The molecule has 0 bridgehead atoms. The molecule has 1 aromatic rings. The summed E-state index contributed by atoms with van der Waals surface area (Å²) >= 11 is 0. The van der Waals surface area contributed by atoms with Crippen molar-refractivity contribution in [3.05, 3.63) is 29.6 Å². The van der Waals surface area contributed by atoms with Gasteiger partial charge in [0.1, 0.15) is 6.79 Å². The summed E-state index contributed by atoms with van der Waals surface area (Å²) in [4.78, 5) is 6.74. The molecule has 98 valence electrons. The molecule has 18 heavy (non-hydrogen) atoms. The molecule has 1 aromatic heterocycles. The highest BCUT2D eigenvalue weighted by atomic mass is 16.7. The monoisotopic (exact) mass is 248 g/mol. The fraction of sp³-hybridized carbons (Fsp3) is 0.643. The zero-order chi connectivity index (χ0) is 12.5. The highest BCUT2D eigenvalue weighted by molar-refractivity contribution is 5.33. The second kappa shape index (κ2) is 4.96. The van der Waals surface area contributed by atoms with Gasteiger partial charge in [0.05, 0.1) is 6.10 Å². The number of ether oxygens (including phenoxy) is 2. The van der Waals surface area contributed by atoms with Crippen LogP contribution in [0.25, 0.3) is 0 Å². The third kappa shape index (κ3) is 1.94. The van der Waals surface area contributed by atoms with Crippen LogP contribution in [0.2, 0.25) is 0 Å². The van der Waals surface area contributed by atoms with Gasteiger partial charge in [0, 0.05) is 25.5 Å². The summed E-state index contributed by atoms with van der Waals surface area (Å²) in [7, 11) is 3.88.